The zero-order valence-corrected chi connectivity index (χ0v) is 42.5. The SMILES string of the molecule is C1=CCC=C2C(=C1)C1C(=CC(C3=CC4CC4(N4c5ccccc5C56C=CC=CC45C6)CC=C3)=CC1c1nc(-c3cccc4c3sc3ccccc34)nc(C34C=CC=CC3C4)n1)C2(C1=CC=CC2CC12)c1ccccc1. The van der Waals surface area contributed by atoms with Gasteiger partial charge in [0, 0.05) is 54.6 Å². The molecular formula is C70H54N4S. The quantitative estimate of drug-likeness (QED) is 0.160. The van der Waals surface area contributed by atoms with Crippen molar-refractivity contribution in [2.75, 3.05) is 4.90 Å². The fourth-order valence-electron chi connectivity index (χ4n) is 16.6. The first-order valence-corrected chi connectivity index (χ1v) is 28.5. The molecule has 11 atom stereocenters. The number of aromatic nitrogens is 3. The van der Waals surface area contributed by atoms with Gasteiger partial charge in [0.05, 0.1) is 21.9 Å². The summed E-state index contributed by atoms with van der Waals surface area (Å²) < 4.78 is 2.52. The largest absolute Gasteiger partial charge is 0.354 e. The molecule has 1 aliphatic heterocycles. The lowest BCUT2D eigenvalue weighted by atomic mass is 9.62. The van der Waals surface area contributed by atoms with Crippen molar-refractivity contribution in [2.45, 2.75) is 71.8 Å². The molecule has 3 heterocycles. The van der Waals surface area contributed by atoms with Crippen molar-refractivity contribution >= 4 is 37.2 Å². The third-order valence-electron chi connectivity index (χ3n) is 20.3. The van der Waals surface area contributed by atoms with Crippen LogP contribution in [0.3, 0.4) is 0 Å². The van der Waals surface area contributed by atoms with Crippen molar-refractivity contribution in [3.63, 3.8) is 0 Å². The van der Waals surface area contributed by atoms with Crippen molar-refractivity contribution < 1.29 is 0 Å². The van der Waals surface area contributed by atoms with Crippen LogP contribution in [0.1, 0.15) is 67.2 Å². The number of fused-ring (bicyclic) bond motifs is 10. The smallest absolute Gasteiger partial charge is 0.164 e. The van der Waals surface area contributed by atoms with E-state index in [0.717, 1.165) is 55.1 Å². The fraction of sp³-hybridized carbons (Fsp3) is 0.243. The van der Waals surface area contributed by atoms with Gasteiger partial charge in [-0.15, -0.1) is 11.3 Å². The molecule has 5 heteroatoms. The van der Waals surface area contributed by atoms with E-state index >= 15 is 0 Å². The van der Waals surface area contributed by atoms with E-state index in [2.05, 4.69) is 223 Å². The summed E-state index contributed by atoms with van der Waals surface area (Å²) in [4.78, 5) is 20.2. The summed E-state index contributed by atoms with van der Waals surface area (Å²) in [7, 11) is 0. The first-order valence-electron chi connectivity index (χ1n) is 27.7. The summed E-state index contributed by atoms with van der Waals surface area (Å²) in [5.41, 5.74) is 13.3. The molecule has 11 aliphatic carbocycles. The Bertz CT molecular complexity index is 4050. The average Bonchev–Trinajstić information content (AvgIpc) is 4.20. The Labute approximate surface area is 442 Å². The Morgan fingerprint density at radius 3 is 2.52 bits per heavy atom. The topological polar surface area (TPSA) is 41.9 Å². The zero-order chi connectivity index (χ0) is 48.9. The second kappa shape index (κ2) is 14.5. The summed E-state index contributed by atoms with van der Waals surface area (Å²) in [6, 6.07) is 36.5. The van der Waals surface area contributed by atoms with Gasteiger partial charge in [-0.05, 0) is 119 Å². The van der Waals surface area contributed by atoms with E-state index < -0.39 is 5.41 Å². The van der Waals surface area contributed by atoms with Gasteiger partial charge in [-0.3, -0.25) is 0 Å². The molecule has 4 nitrogen and oxygen atoms in total. The van der Waals surface area contributed by atoms with E-state index in [-0.39, 0.29) is 33.7 Å². The molecule has 0 radical (unpaired) electrons. The lowest BCUT2D eigenvalue weighted by molar-refractivity contribution is 0.510. The highest BCUT2D eigenvalue weighted by atomic mass is 32.1. The molecule has 18 rings (SSSR count). The van der Waals surface area contributed by atoms with Gasteiger partial charge >= 0.3 is 0 Å². The monoisotopic (exact) mass is 982 g/mol. The minimum absolute atomic E-state index is 0.00539. The molecule has 5 saturated carbocycles. The minimum atomic E-state index is -0.461. The van der Waals surface area contributed by atoms with Gasteiger partial charge < -0.3 is 4.90 Å². The number of thiophene rings is 1. The van der Waals surface area contributed by atoms with E-state index in [1.165, 1.54) is 71.3 Å². The molecule has 0 amide bonds. The van der Waals surface area contributed by atoms with Gasteiger partial charge in [-0.2, -0.15) is 0 Å². The number of hydrogen-bond acceptors (Lipinski definition) is 5. The molecule has 2 aromatic heterocycles. The predicted molar refractivity (Wildman–Crippen MR) is 304 cm³/mol. The van der Waals surface area contributed by atoms with Crippen LogP contribution in [0.4, 0.5) is 5.69 Å². The van der Waals surface area contributed by atoms with E-state index in [4.69, 9.17) is 15.0 Å². The van der Waals surface area contributed by atoms with Crippen LogP contribution in [-0.4, -0.2) is 26.0 Å². The number of para-hydroxylation sites is 1. The number of benzene rings is 4. The predicted octanol–water partition coefficient (Wildman–Crippen LogP) is 15.4. The molecular weight excluding hydrogens is 929 g/mol. The maximum Gasteiger partial charge on any atom is 0.164 e. The second-order valence-electron chi connectivity index (χ2n) is 23.8. The van der Waals surface area contributed by atoms with Gasteiger partial charge in [0.2, 0.25) is 0 Å². The van der Waals surface area contributed by atoms with E-state index in [1.54, 1.807) is 5.57 Å². The van der Waals surface area contributed by atoms with Crippen LogP contribution in [0.5, 0.6) is 0 Å². The Balaban J connectivity index is 0.869. The van der Waals surface area contributed by atoms with Gasteiger partial charge in [0.1, 0.15) is 11.6 Å². The standard InChI is InChI=1S/C70H54N4S/c1-3-20-46(21-4-1)70(56-29-15-18-44-37-53(44)56)55-27-6-2-5-24-51(55)61-54(64-71-63(72-65(73-64)66-32-12-11-22-47(66)40-66)52-26-16-25-50-49-23-7-10-31-60(49)75-62(50)52)38-45(39-58(61)70)43-19-17-34-68(41-48(68)36-43)74-59-30-9-8-28-57(59)67-33-13-14-35-69(67,74)42-67/h1-5,7-33,35-36,38-39,44,47-48,53-54,61H,6,34,37,40-42H2. The second-order valence-corrected chi connectivity index (χ2v) is 24.8. The molecule has 11 unspecified atom stereocenters. The van der Waals surface area contributed by atoms with Crippen LogP contribution in [0.25, 0.3) is 31.6 Å². The van der Waals surface area contributed by atoms with Crippen LogP contribution < -0.4 is 4.90 Å². The lowest BCUT2D eigenvalue weighted by Gasteiger charge is -2.40. The summed E-state index contributed by atoms with van der Waals surface area (Å²) in [6.45, 7) is 0. The molecule has 360 valence electrons. The van der Waals surface area contributed by atoms with Crippen LogP contribution in [0.15, 0.2) is 252 Å². The number of anilines is 1. The number of rotatable bonds is 7. The summed E-state index contributed by atoms with van der Waals surface area (Å²) in [5.74, 6) is 4.25. The van der Waals surface area contributed by atoms with Crippen molar-refractivity contribution in [1.82, 2.24) is 15.0 Å². The van der Waals surface area contributed by atoms with Gasteiger partial charge in [0.15, 0.2) is 5.82 Å². The summed E-state index contributed by atoms with van der Waals surface area (Å²) >= 11 is 1.86. The van der Waals surface area contributed by atoms with Crippen LogP contribution in [0.2, 0.25) is 0 Å². The Kier molecular flexibility index (Phi) is 8.07. The van der Waals surface area contributed by atoms with Crippen molar-refractivity contribution in [1.29, 1.82) is 0 Å². The third kappa shape index (κ3) is 5.35. The third-order valence-corrected chi connectivity index (χ3v) is 21.5. The molecule has 0 bridgehead atoms. The highest BCUT2D eigenvalue weighted by Gasteiger charge is 2.79. The summed E-state index contributed by atoms with van der Waals surface area (Å²) in [6.07, 6.45) is 55.3. The minimum Gasteiger partial charge on any atom is -0.354 e. The molecule has 5 fully saturated rings. The molecule has 75 heavy (non-hydrogen) atoms. The summed E-state index contributed by atoms with van der Waals surface area (Å²) in [5, 5.41) is 2.54. The first-order chi connectivity index (χ1) is 37.0. The normalized spacial score (nSPS) is 35.8. The van der Waals surface area contributed by atoms with Crippen molar-refractivity contribution in [3.05, 3.63) is 275 Å². The number of allylic oxidation sites excluding steroid dienone is 22. The molecule has 6 aromatic rings. The van der Waals surface area contributed by atoms with Gasteiger partial charge in [-0.1, -0.05) is 200 Å². The van der Waals surface area contributed by atoms with Gasteiger partial charge in [-0.25, -0.2) is 15.0 Å². The van der Waals surface area contributed by atoms with Gasteiger partial charge in [0.25, 0.3) is 0 Å². The number of hydrogen-bond donors (Lipinski definition) is 0. The maximum atomic E-state index is 5.85. The van der Waals surface area contributed by atoms with E-state index in [0.29, 0.717) is 23.7 Å². The molecule has 0 saturated heterocycles. The molecule has 0 N–H and O–H groups in total. The average molecular weight is 983 g/mol. The zero-order valence-electron chi connectivity index (χ0n) is 41.7. The lowest BCUT2D eigenvalue weighted by Crippen LogP contribution is -2.47. The Hall–Kier alpha value is -7.47. The van der Waals surface area contributed by atoms with Crippen molar-refractivity contribution in [3.8, 4) is 11.4 Å². The van der Waals surface area contributed by atoms with Crippen molar-refractivity contribution in [2.24, 2.45) is 29.6 Å². The Morgan fingerprint density at radius 1 is 0.680 bits per heavy atom. The molecule has 12 aliphatic rings. The molecule has 4 aromatic carbocycles. The van der Waals surface area contributed by atoms with E-state index in [9.17, 15) is 0 Å². The maximum absolute atomic E-state index is 5.85. The highest BCUT2D eigenvalue weighted by molar-refractivity contribution is 7.26. The fourth-order valence-corrected chi connectivity index (χ4v) is 17.8. The first kappa shape index (κ1) is 41.8. The van der Waals surface area contributed by atoms with Crippen LogP contribution in [-0.2, 0) is 16.2 Å². The number of nitrogens with zero attached hydrogens (tertiary/aromatic N) is 4. The molecule has 0 spiro atoms. The highest BCUT2D eigenvalue weighted by Crippen LogP contribution is 2.76. The van der Waals surface area contributed by atoms with Crippen LogP contribution in [0, 0.1) is 29.6 Å². The van der Waals surface area contributed by atoms with Crippen LogP contribution >= 0.6 is 11.3 Å². The van der Waals surface area contributed by atoms with E-state index in [1.807, 2.05) is 11.3 Å². The Morgan fingerprint density at radius 2 is 1.56 bits per heavy atom.